The van der Waals surface area contributed by atoms with E-state index in [0.29, 0.717) is 0 Å². The maximum atomic E-state index is 12.5. The molecule has 0 aliphatic heterocycles. The molecule has 0 radical (unpaired) electrons. The number of aliphatic hydroxyl groups excluding tert-OH is 1. The Bertz CT molecular complexity index is 437. The molecule has 1 heterocycles. The average molecular weight is 284 g/mol. The first-order valence-corrected chi connectivity index (χ1v) is 5.42. The topological polar surface area (TPSA) is 49.2 Å². The standard InChI is InChI=1S/C10H13ClF3N3O/c1-9(2,5-18)17(3)7-4-6(11)15-8(16-7)10(12,13)14/h4,18H,5H2,1-3H3. The Morgan fingerprint density at radius 2 is 1.89 bits per heavy atom. The highest BCUT2D eigenvalue weighted by molar-refractivity contribution is 6.29. The van der Waals surface area contributed by atoms with Gasteiger partial charge in [-0.3, -0.25) is 0 Å². The fourth-order valence-electron chi connectivity index (χ4n) is 1.12. The number of hydrogen-bond donors (Lipinski definition) is 1. The molecule has 0 saturated heterocycles. The SMILES string of the molecule is CN(c1cc(Cl)nc(C(F)(F)F)n1)C(C)(C)CO. The highest BCUT2D eigenvalue weighted by Gasteiger charge is 2.36. The minimum absolute atomic E-state index is 0.00127. The van der Waals surface area contributed by atoms with Gasteiger partial charge in [-0.2, -0.15) is 13.2 Å². The number of anilines is 1. The fourth-order valence-corrected chi connectivity index (χ4v) is 1.30. The Hall–Kier alpha value is -1.08. The Morgan fingerprint density at radius 3 is 2.33 bits per heavy atom. The lowest BCUT2D eigenvalue weighted by Gasteiger charge is -2.35. The van der Waals surface area contributed by atoms with Crippen molar-refractivity contribution in [2.24, 2.45) is 0 Å². The molecule has 0 amide bonds. The summed E-state index contributed by atoms with van der Waals surface area (Å²) < 4.78 is 37.6. The Labute approximate surface area is 107 Å². The van der Waals surface area contributed by atoms with Crippen LogP contribution >= 0.6 is 11.6 Å². The average Bonchev–Trinajstić information content (AvgIpc) is 2.26. The normalized spacial score (nSPS) is 12.7. The Balaban J connectivity index is 3.23. The molecule has 1 N–H and O–H groups in total. The number of aliphatic hydroxyl groups is 1. The molecule has 0 saturated carbocycles. The van der Waals surface area contributed by atoms with Crippen molar-refractivity contribution < 1.29 is 18.3 Å². The number of nitrogens with zero attached hydrogens (tertiary/aromatic N) is 3. The molecule has 1 aromatic heterocycles. The van der Waals surface area contributed by atoms with E-state index >= 15 is 0 Å². The summed E-state index contributed by atoms with van der Waals surface area (Å²) in [6.45, 7) is 3.08. The van der Waals surface area contributed by atoms with Crippen LogP contribution in [0, 0.1) is 0 Å². The number of alkyl halides is 3. The van der Waals surface area contributed by atoms with Crippen LogP contribution < -0.4 is 4.90 Å². The lowest BCUT2D eigenvalue weighted by Crippen LogP contribution is -2.45. The molecule has 0 aliphatic carbocycles. The van der Waals surface area contributed by atoms with Gasteiger partial charge in [0.05, 0.1) is 12.1 Å². The van der Waals surface area contributed by atoms with Crippen molar-refractivity contribution in [1.29, 1.82) is 0 Å². The van der Waals surface area contributed by atoms with Gasteiger partial charge in [0.1, 0.15) is 11.0 Å². The summed E-state index contributed by atoms with van der Waals surface area (Å²) in [5, 5.41) is 8.89. The van der Waals surface area contributed by atoms with Gasteiger partial charge in [0.25, 0.3) is 0 Å². The predicted octanol–water partition coefficient (Wildman–Crippen LogP) is 2.36. The largest absolute Gasteiger partial charge is 0.451 e. The lowest BCUT2D eigenvalue weighted by molar-refractivity contribution is -0.144. The highest BCUT2D eigenvalue weighted by atomic mass is 35.5. The van der Waals surface area contributed by atoms with Gasteiger partial charge in [-0.25, -0.2) is 9.97 Å². The third-order valence-corrected chi connectivity index (χ3v) is 2.77. The molecular formula is C10H13ClF3N3O. The van der Waals surface area contributed by atoms with Crippen LogP contribution in [0.15, 0.2) is 6.07 Å². The van der Waals surface area contributed by atoms with Crippen LogP contribution in [0.2, 0.25) is 5.15 Å². The quantitative estimate of drug-likeness (QED) is 0.865. The summed E-state index contributed by atoms with van der Waals surface area (Å²) in [4.78, 5) is 7.96. The van der Waals surface area contributed by atoms with Crippen LogP contribution in [-0.2, 0) is 6.18 Å². The summed E-state index contributed by atoms with van der Waals surface area (Å²) in [5.74, 6) is -1.30. The summed E-state index contributed by atoms with van der Waals surface area (Å²) in [6.07, 6.45) is -4.66. The number of rotatable bonds is 3. The molecule has 1 rings (SSSR count). The van der Waals surface area contributed by atoms with Gasteiger partial charge < -0.3 is 10.0 Å². The van der Waals surface area contributed by atoms with E-state index in [2.05, 4.69) is 9.97 Å². The zero-order valence-electron chi connectivity index (χ0n) is 10.1. The first-order chi connectivity index (χ1) is 8.08. The second-order valence-corrected chi connectivity index (χ2v) is 4.79. The summed E-state index contributed by atoms with van der Waals surface area (Å²) >= 11 is 5.55. The zero-order chi connectivity index (χ0) is 14.1. The molecule has 0 aliphatic rings. The maximum absolute atomic E-state index is 12.5. The maximum Gasteiger partial charge on any atom is 0.451 e. The molecule has 102 valence electrons. The predicted molar refractivity (Wildman–Crippen MR) is 61.6 cm³/mol. The molecular weight excluding hydrogens is 271 g/mol. The van der Waals surface area contributed by atoms with Gasteiger partial charge in [-0.15, -0.1) is 0 Å². The molecule has 8 heteroatoms. The van der Waals surface area contributed by atoms with Crippen LogP contribution in [0.1, 0.15) is 19.7 Å². The van der Waals surface area contributed by atoms with E-state index in [1.165, 1.54) is 18.0 Å². The second-order valence-electron chi connectivity index (χ2n) is 4.40. The van der Waals surface area contributed by atoms with E-state index < -0.39 is 17.5 Å². The second kappa shape index (κ2) is 4.89. The van der Waals surface area contributed by atoms with Gasteiger partial charge in [-0.05, 0) is 13.8 Å². The molecule has 0 unspecified atom stereocenters. The van der Waals surface area contributed by atoms with E-state index in [9.17, 15) is 18.3 Å². The number of halogens is 4. The molecule has 4 nitrogen and oxygen atoms in total. The van der Waals surface area contributed by atoms with Crippen LogP contribution in [0.5, 0.6) is 0 Å². The number of likely N-dealkylation sites (N-methyl/N-ethyl adjacent to an activating group) is 1. The highest BCUT2D eigenvalue weighted by Crippen LogP contribution is 2.30. The molecule has 0 fully saturated rings. The summed E-state index contributed by atoms with van der Waals surface area (Å²) in [7, 11) is 1.52. The van der Waals surface area contributed by atoms with Crippen molar-refractivity contribution >= 4 is 17.4 Å². The Kier molecular flexibility index (Phi) is 4.07. The molecule has 0 bridgehead atoms. The molecule has 18 heavy (non-hydrogen) atoms. The van der Waals surface area contributed by atoms with Crippen molar-refractivity contribution in [3.63, 3.8) is 0 Å². The zero-order valence-corrected chi connectivity index (χ0v) is 10.8. The minimum atomic E-state index is -4.66. The lowest BCUT2D eigenvalue weighted by atomic mass is 10.1. The first-order valence-electron chi connectivity index (χ1n) is 5.04. The molecule has 1 aromatic rings. The minimum Gasteiger partial charge on any atom is -0.394 e. The van der Waals surface area contributed by atoms with Crippen LogP contribution in [-0.4, -0.2) is 34.3 Å². The summed E-state index contributed by atoms with van der Waals surface area (Å²) in [6, 6.07) is 1.22. The van der Waals surface area contributed by atoms with E-state index in [0.717, 1.165) is 0 Å². The number of hydrogen-bond acceptors (Lipinski definition) is 4. The van der Waals surface area contributed by atoms with E-state index in [1.807, 2.05) is 0 Å². The van der Waals surface area contributed by atoms with Crippen molar-refractivity contribution in [2.45, 2.75) is 25.6 Å². The van der Waals surface area contributed by atoms with Crippen LogP contribution in [0.4, 0.5) is 19.0 Å². The molecule has 0 aromatic carbocycles. The van der Waals surface area contributed by atoms with Gasteiger partial charge in [0, 0.05) is 13.1 Å². The fraction of sp³-hybridized carbons (Fsp3) is 0.600. The smallest absolute Gasteiger partial charge is 0.394 e. The van der Waals surface area contributed by atoms with Crippen LogP contribution in [0.25, 0.3) is 0 Å². The third-order valence-electron chi connectivity index (χ3n) is 2.57. The van der Waals surface area contributed by atoms with Gasteiger partial charge in [0.15, 0.2) is 0 Å². The van der Waals surface area contributed by atoms with Crippen LogP contribution in [0.3, 0.4) is 0 Å². The molecule has 0 spiro atoms. The van der Waals surface area contributed by atoms with Gasteiger partial charge in [0.2, 0.25) is 5.82 Å². The van der Waals surface area contributed by atoms with Crippen molar-refractivity contribution in [3.8, 4) is 0 Å². The van der Waals surface area contributed by atoms with E-state index in [4.69, 9.17) is 11.6 Å². The van der Waals surface area contributed by atoms with Gasteiger partial charge in [-0.1, -0.05) is 11.6 Å². The van der Waals surface area contributed by atoms with Crippen molar-refractivity contribution in [1.82, 2.24) is 9.97 Å². The van der Waals surface area contributed by atoms with E-state index in [-0.39, 0.29) is 17.6 Å². The number of aromatic nitrogens is 2. The monoisotopic (exact) mass is 283 g/mol. The van der Waals surface area contributed by atoms with Crippen molar-refractivity contribution in [2.75, 3.05) is 18.6 Å². The van der Waals surface area contributed by atoms with Crippen molar-refractivity contribution in [3.05, 3.63) is 17.0 Å². The molecule has 0 atom stereocenters. The third kappa shape index (κ3) is 3.23. The Morgan fingerprint density at radius 1 is 1.33 bits per heavy atom. The van der Waals surface area contributed by atoms with E-state index in [1.54, 1.807) is 13.8 Å². The van der Waals surface area contributed by atoms with Gasteiger partial charge >= 0.3 is 6.18 Å². The first kappa shape index (κ1) is 15.0. The summed E-state index contributed by atoms with van der Waals surface area (Å²) in [5.41, 5.74) is -0.763.